The summed E-state index contributed by atoms with van der Waals surface area (Å²) in [6.07, 6.45) is 2.02. The molecule has 0 bridgehead atoms. The van der Waals surface area contributed by atoms with E-state index in [0.717, 1.165) is 29.6 Å². The van der Waals surface area contributed by atoms with E-state index in [4.69, 9.17) is 0 Å². The van der Waals surface area contributed by atoms with Crippen LogP contribution in [0.3, 0.4) is 0 Å². The minimum absolute atomic E-state index is 0.397. The van der Waals surface area contributed by atoms with Crippen LogP contribution in [0.2, 0.25) is 0 Å². The Balaban J connectivity index is 2.01. The third kappa shape index (κ3) is 2.47. The number of fused-ring (bicyclic) bond motifs is 1. The van der Waals surface area contributed by atoms with Gasteiger partial charge in [0, 0.05) is 50.3 Å². The summed E-state index contributed by atoms with van der Waals surface area (Å²) in [5, 5.41) is 1.01. The van der Waals surface area contributed by atoms with Gasteiger partial charge in [-0.2, -0.15) is 4.31 Å². The Kier molecular flexibility index (Phi) is 3.55. The van der Waals surface area contributed by atoms with E-state index >= 15 is 0 Å². The van der Waals surface area contributed by atoms with Gasteiger partial charge in [-0.1, -0.05) is 0 Å². The number of benzene rings is 1. The molecule has 0 N–H and O–H groups in total. The van der Waals surface area contributed by atoms with Crippen molar-refractivity contribution in [3.8, 4) is 0 Å². The molecular formula is C15H21N3O2S. The molecule has 114 valence electrons. The largest absolute Gasteiger partial charge is 0.350 e. The van der Waals surface area contributed by atoms with Gasteiger partial charge in [0.05, 0.1) is 4.90 Å². The van der Waals surface area contributed by atoms with Gasteiger partial charge >= 0.3 is 0 Å². The van der Waals surface area contributed by atoms with Gasteiger partial charge in [-0.25, -0.2) is 8.42 Å². The van der Waals surface area contributed by atoms with Crippen LogP contribution in [0.15, 0.2) is 29.3 Å². The van der Waals surface area contributed by atoms with Crippen LogP contribution in [-0.2, 0) is 17.1 Å². The van der Waals surface area contributed by atoms with E-state index in [1.165, 1.54) is 0 Å². The first-order valence-corrected chi connectivity index (χ1v) is 8.58. The van der Waals surface area contributed by atoms with Crippen molar-refractivity contribution in [1.82, 2.24) is 13.8 Å². The molecule has 6 heteroatoms. The normalized spacial score (nSPS) is 18.4. The number of likely N-dealkylation sites (N-methyl/N-ethyl adjacent to an activating group) is 1. The molecule has 0 aliphatic carbocycles. The fourth-order valence-electron chi connectivity index (χ4n) is 2.91. The second-order valence-electron chi connectivity index (χ2n) is 5.81. The topological polar surface area (TPSA) is 45.6 Å². The van der Waals surface area contributed by atoms with Crippen LogP contribution < -0.4 is 0 Å². The van der Waals surface area contributed by atoms with E-state index in [2.05, 4.69) is 4.90 Å². The van der Waals surface area contributed by atoms with Crippen molar-refractivity contribution in [2.45, 2.75) is 11.8 Å². The molecule has 1 saturated heterocycles. The average molecular weight is 307 g/mol. The van der Waals surface area contributed by atoms with E-state index < -0.39 is 10.0 Å². The Morgan fingerprint density at radius 1 is 1.05 bits per heavy atom. The lowest BCUT2D eigenvalue weighted by molar-refractivity contribution is 0.222. The summed E-state index contributed by atoms with van der Waals surface area (Å²) in [7, 11) is 0.606. The highest BCUT2D eigenvalue weighted by Crippen LogP contribution is 2.25. The molecule has 0 unspecified atom stereocenters. The molecule has 3 rings (SSSR count). The van der Waals surface area contributed by atoms with Gasteiger partial charge in [0.1, 0.15) is 0 Å². The van der Waals surface area contributed by atoms with E-state index in [-0.39, 0.29) is 0 Å². The second kappa shape index (κ2) is 5.12. The third-order valence-corrected chi connectivity index (χ3v) is 6.15. The Hall–Kier alpha value is -1.37. The van der Waals surface area contributed by atoms with Crippen LogP contribution in [0.5, 0.6) is 0 Å². The summed E-state index contributed by atoms with van der Waals surface area (Å²) >= 11 is 0. The summed E-state index contributed by atoms with van der Waals surface area (Å²) in [6, 6.07) is 5.42. The molecule has 0 atom stereocenters. The lowest BCUT2D eigenvalue weighted by atomic mass is 10.2. The van der Waals surface area contributed by atoms with Crippen LogP contribution >= 0.6 is 0 Å². The van der Waals surface area contributed by atoms with Crippen LogP contribution in [0.25, 0.3) is 10.9 Å². The summed E-state index contributed by atoms with van der Waals surface area (Å²) < 4.78 is 29.1. The van der Waals surface area contributed by atoms with Crippen molar-refractivity contribution in [2.75, 3.05) is 33.2 Å². The SMILES string of the molecule is Cc1cn(C)c2ccc(S(=O)(=O)N3CCN(C)CC3)cc12. The zero-order chi connectivity index (χ0) is 15.2. The minimum atomic E-state index is -3.39. The van der Waals surface area contributed by atoms with Gasteiger partial charge < -0.3 is 9.47 Å². The van der Waals surface area contributed by atoms with Crippen molar-refractivity contribution in [3.63, 3.8) is 0 Å². The number of aromatic nitrogens is 1. The van der Waals surface area contributed by atoms with E-state index in [1.54, 1.807) is 16.4 Å². The first-order valence-electron chi connectivity index (χ1n) is 7.14. The monoisotopic (exact) mass is 307 g/mol. The van der Waals surface area contributed by atoms with Crippen molar-refractivity contribution in [1.29, 1.82) is 0 Å². The summed E-state index contributed by atoms with van der Waals surface area (Å²) in [5.74, 6) is 0. The van der Waals surface area contributed by atoms with Gasteiger partial charge in [0.25, 0.3) is 0 Å². The van der Waals surface area contributed by atoms with Crippen LogP contribution in [0, 0.1) is 6.92 Å². The number of rotatable bonds is 2. The number of hydrogen-bond acceptors (Lipinski definition) is 3. The maximum atomic E-state index is 12.8. The van der Waals surface area contributed by atoms with E-state index in [0.29, 0.717) is 18.0 Å². The maximum Gasteiger partial charge on any atom is 0.243 e. The quantitative estimate of drug-likeness (QED) is 0.843. The molecule has 0 radical (unpaired) electrons. The number of nitrogens with zero attached hydrogens (tertiary/aromatic N) is 3. The van der Waals surface area contributed by atoms with Crippen LogP contribution in [0.1, 0.15) is 5.56 Å². The second-order valence-corrected chi connectivity index (χ2v) is 7.75. The predicted molar refractivity (Wildman–Crippen MR) is 83.9 cm³/mol. The van der Waals surface area contributed by atoms with Gasteiger partial charge in [-0.3, -0.25) is 0 Å². The Morgan fingerprint density at radius 2 is 1.71 bits per heavy atom. The van der Waals surface area contributed by atoms with Gasteiger partial charge in [-0.05, 0) is 37.7 Å². The lowest BCUT2D eigenvalue weighted by Crippen LogP contribution is -2.46. The van der Waals surface area contributed by atoms with Crippen molar-refractivity contribution in [2.24, 2.45) is 7.05 Å². The first-order chi connectivity index (χ1) is 9.89. The molecule has 5 nitrogen and oxygen atoms in total. The van der Waals surface area contributed by atoms with Crippen molar-refractivity contribution >= 4 is 20.9 Å². The van der Waals surface area contributed by atoms with Crippen LogP contribution in [0.4, 0.5) is 0 Å². The first kappa shape index (κ1) is 14.6. The average Bonchev–Trinajstić information content (AvgIpc) is 2.74. The molecule has 1 aliphatic rings. The number of hydrogen-bond donors (Lipinski definition) is 0. The fraction of sp³-hybridized carbons (Fsp3) is 0.467. The lowest BCUT2D eigenvalue weighted by Gasteiger charge is -2.31. The number of sulfonamides is 1. The summed E-state index contributed by atoms with van der Waals surface area (Å²) in [5.41, 5.74) is 2.16. The molecule has 0 spiro atoms. The van der Waals surface area contributed by atoms with Gasteiger partial charge in [0.2, 0.25) is 10.0 Å². The highest BCUT2D eigenvalue weighted by molar-refractivity contribution is 7.89. The Labute approximate surface area is 125 Å². The third-order valence-electron chi connectivity index (χ3n) is 4.26. The minimum Gasteiger partial charge on any atom is -0.350 e. The standard InChI is InChI=1S/C15H21N3O2S/c1-12-11-17(3)15-5-4-13(10-14(12)15)21(19,20)18-8-6-16(2)7-9-18/h4-5,10-11H,6-9H2,1-3H3. The molecule has 21 heavy (non-hydrogen) atoms. The Bertz CT molecular complexity index is 772. The molecular weight excluding hydrogens is 286 g/mol. The predicted octanol–water partition coefficient (Wildman–Crippen LogP) is 1.42. The molecule has 2 heterocycles. The summed E-state index contributed by atoms with van der Waals surface area (Å²) in [6.45, 7) is 4.70. The fourth-order valence-corrected chi connectivity index (χ4v) is 4.36. The van der Waals surface area contributed by atoms with E-state index in [1.807, 2.05) is 37.8 Å². The van der Waals surface area contributed by atoms with Crippen molar-refractivity contribution < 1.29 is 8.42 Å². The molecule has 1 aliphatic heterocycles. The molecule has 0 saturated carbocycles. The Morgan fingerprint density at radius 3 is 2.38 bits per heavy atom. The molecule has 1 aromatic carbocycles. The molecule has 2 aromatic rings. The smallest absolute Gasteiger partial charge is 0.243 e. The van der Waals surface area contributed by atoms with Crippen molar-refractivity contribution in [3.05, 3.63) is 30.0 Å². The van der Waals surface area contributed by atoms with Crippen LogP contribution in [-0.4, -0.2) is 55.4 Å². The van der Waals surface area contributed by atoms with Gasteiger partial charge in [-0.15, -0.1) is 0 Å². The molecule has 1 fully saturated rings. The zero-order valence-corrected chi connectivity index (χ0v) is 13.5. The highest BCUT2D eigenvalue weighted by atomic mass is 32.2. The van der Waals surface area contributed by atoms with Gasteiger partial charge in [0.15, 0.2) is 0 Å². The molecule has 0 amide bonds. The number of piperazine rings is 1. The molecule has 1 aromatic heterocycles. The maximum absolute atomic E-state index is 12.8. The zero-order valence-electron chi connectivity index (χ0n) is 12.7. The highest BCUT2D eigenvalue weighted by Gasteiger charge is 2.27. The summed E-state index contributed by atoms with van der Waals surface area (Å²) in [4.78, 5) is 2.55. The number of aryl methyl sites for hydroxylation is 2. The van der Waals surface area contributed by atoms with E-state index in [9.17, 15) is 8.42 Å².